The van der Waals surface area contributed by atoms with Crippen LogP contribution in [0.15, 0.2) is 65.5 Å². The van der Waals surface area contributed by atoms with Crippen molar-refractivity contribution in [1.82, 2.24) is 9.78 Å². The quantitative estimate of drug-likeness (QED) is 0.807. The van der Waals surface area contributed by atoms with Crippen molar-refractivity contribution in [2.75, 3.05) is 5.32 Å². The standard InChI is InChI=1S/C19H17N3O2/c1-13-8-9-14(2)17(12-13)20-19(24)16-10-11-18(23)22(21-16)15-6-4-3-5-7-15/h3-12H,1-2H3,(H,20,24). The lowest BCUT2D eigenvalue weighted by atomic mass is 10.1. The maximum Gasteiger partial charge on any atom is 0.276 e. The van der Waals surface area contributed by atoms with Gasteiger partial charge in [-0.1, -0.05) is 30.3 Å². The Morgan fingerprint density at radius 3 is 2.50 bits per heavy atom. The summed E-state index contributed by atoms with van der Waals surface area (Å²) < 4.78 is 1.22. The van der Waals surface area contributed by atoms with Crippen LogP contribution in [0.4, 0.5) is 5.69 Å². The molecule has 0 spiro atoms. The van der Waals surface area contributed by atoms with Gasteiger partial charge in [0.15, 0.2) is 0 Å². The van der Waals surface area contributed by atoms with E-state index in [1.54, 1.807) is 12.1 Å². The number of aryl methyl sites for hydroxylation is 2. The third kappa shape index (κ3) is 3.25. The van der Waals surface area contributed by atoms with Gasteiger partial charge in [0.2, 0.25) is 0 Å². The molecule has 1 amide bonds. The van der Waals surface area contributed by atoms with Crippen molar-refractivity contribution in [2.24, 2.45) is 0 Å². The van der Waals surface area contributed by atoms with Gasteiger partial charge in [0.05, 0.1) is 5.69 Å². The highest BCUT2D eigenvalue weighted by atomic mass is 16.2. The average Bonchev–Trinajstić information content (AvgIpc) is 2.59. The molecule has 0 fully saturated rings. The lowest BCUT2D eigenvalue weighted by Gasteiger charge is -2.10. The van der Waals surface area contributed by atoms with Crippen LogP contribution in [-0.2, 0) is 0 Å². The Morgan fingerprint density at radius 1 is 1.00 bits per heavy atom. The van der Waals surface area contributed by atoms with Crippen LogP contribution in [0.25, 0.3) is 5.69 Å². The largest absolute Gasteiger partial charge is 0.320 e. The maximum absolute atomic E-state index is 12.5. The topological polar surface area (TPSA) is 64.0 Å². The number of carbonyl (C=O) groups excluding carboxylic acids is 1. The minimum atomic E-state index is -0.353. The highest BCUT2D eigenvalue weighted by molar-refractivity contribution is 6.03. The van der Waals surface area contributed by atoms with E-state index in [4.69, 9.17) is 0 Å². The van der Waals surface area contributed by atoms with Crippen LogP contribution in [0.3, 0.4) is 0 Å². The lowest BCUT2D eigenvalue weighted by molar-refractivity contribution is 0.102. The Morgan fingerprint density at radius 2 is 1.75 bits per heavy atom. The van der Waals surface area contributed by atoms with E-state index in [0.717, 1.165) is 16.8 Å². The molecule has 0 saturated heterocycles. The molecule has 1 N–H and O–H groups in total. The van der Waals surface area contributed by atoms with E-state index >= 15 is 0 Å². The SMILES string of the molecule is Cc1ccc(C)c(NC(=O)c2ccc(=O)n(-c3ccccc3)n2)c1. The number of anilines is 1. The zero-order valence-corrected chi connectivity index (χ0v) is 13.5. The molecule has 0 aliphatic carbocycles. The first kappa shape index (κ1) is 15.7. The number of para-hydroxylation sites is 1. The van der Waals surface area contributed by atoms with Crippen molar-refractivity contribution in [3.05, 3.63) is 87.8 Å². The summed E-state index contributed by atoms with van der Waals surface area (Å²) in [5.74, 6) is -0.353. The predicted octanol–water partition coefficient (Wildman–Crippen LogP) is 3.10. The zero-order chi connectivity index (χ0) is 17.1. The van der Waals surface area contributed by atoms with E-state index in [1.165, 1.54) is 16.8 Å². The monoisotopic (exact) mass is 319 g/mol. The fourth-order valence-electron chi connectivity index (χ4n) is 2.34. The van der Waals surface area contributed by atoms with Crippen LogP contribution >= 0.6 is 0 Å². The van der Waals surface area contributed by atoms with Gasteiger partial charge in [0.25, 0.3) is 11.5 Å². The van der Waals surface area contributed by atoms with Crippen LogP contribution in [0.2, 0.25) is 0 Å². The highest BCUT2D eigenvalue weighted by Gasteiger charge is 2.12. The number of hydrogen-bond acceptors (Lipinski definition) is 3. The molecule has 1 heterocycles. The summed E-state index contributed by atoms with van der Waals surface area (Å²) in [7, 11) is 0. The van der Waals surface area contributed by atoms with Gasteiger partial charge in [-0.2, -0.15) is 9.78 Å². The molecule has 3 aromatic rings. The zero-order valence-electron chi connectivity index (χ0n) is 13.5. The Hall–Kier alpha value is -3.21. The Bertz CT molecular complexity index is 946. The van der Waals surface area contributed by atoms with Gasteiger partial charge in [0.1, 0.15) is 5.69 Å². The number of nitrogens with one attached hydrogen (secondary N) is 1. The van der Waals surface area contributed by atoms with E-state index < -0.39 is 0 Å². The third-order valence-electron chi connectivity index (χ3n) is 3.67. The van der Waals surface area contributed by atoms with Gasteiger partial charge in [-0.05, 0) is 49.2 Å². The second kappa shape index (κ2) is 6.50. The van der Waals surface area contributed by atoms with Crippen LogP contribution in [0.1, 0.15) is 21.6 Å². The van der Waals surface area contributed by atoms with Crippen molar-refractivity contribution in [3.63, 3.8) is 0 Å². The van der Waals surface area contributed by atoms with E-state index in [1.807, 2.05) is 50.2 Å². The summed E-state index contributed by atoms with van der Waals surface area (Å²) >= 11 is 0. The van der Waals surface area contributed by atoms with Crippen molar-refractivity contribution in [1.29, 1.82) is 0 Å². The third-order valence-corrected chi connectivity index (χ3v) is 3.67. The smallest absolute Gasteiger partial charge is 0.276 e. The lowest BCUT2D eigenvalue weighted by Crippen LogP contribution is -2.25. The number of rotatable bonds is 3. The first-order valence-corrected chi connectivity index (χ1v) is 7.59. The molecule has 24 heavy (non-hydrogen) atoms. The Kier molecular flexibility index (Phi) is 4.24. The number of hydrogen-bond donors (Lipinski definition) is 1. The first-order valence-electron chi connectivity index (χ1n) is 7.59. The van der Waals surface area contributed by atoms with Crippen molar-refractivity contribution < 1.29 is 4.79 Å². The molecule has 3 rings (SSSR count). The van der Waals surface area contributed by atoms with Crippen LogP contribution in [0.5, 0.6) is 0 Å². The molecule has 0 aliphatic rings. The second-order valence-electron chi connectivity index (χ2n) is 5.58. The van der Waals surface area contributed by atoms with Crippen molar-refractivity contribution in [2.45, 2.75) is 13.8 Å². The molecule has 2 aromatic carbocycles. The fourth-order valence-corrected chi connectivity index (χ4v) is 2.34. The van der Waals surface area contributed by atoms with Crippen LogP contribution in [0, 0.1) is 13.8 Å². The second-order valence-corrected chi connectivity index (χ2v) is 5.58. The van der Waals surface area contributed by atoms with E-state index in [0.29, 0.717) is 5.69 Å². The van der Waals surface area contributed by atoms with Crippen molar-refractivity contribution in [3.8, 4) is 5.69 Å². The fraction of sp³-hybridized carbons (Fsp3) is 0.105. The van der Waals surface area contributed by atoms with E-state index in [9.17, 15) is 9.59 Å². The number of benzene rings is 2. The highest BCUT2D eigenvalue weighted by Crippen LogP contribution is 2.17. The average molecular weight is 319 g/mol. The number of amides is 1. The molecule has 0 bridgehead atoms. The van der Waals surface area contributed by atoms with Gasteiger partial charge in [-0.25, -0.2) is 0 Å². The summed E-state index contributed by atoms with van der Waals surface area (Å²) in [6.45, 7) is 3.89. The van der Waals surface area contributed by atoms with E-state index in [-0.39, 0.29) is 17.2 Å². The Balaban J connectivity index is 1.94. The molecule has 0 aliphatic heterocycles. The molecular weight excluding hydrogens is 302 g/mol. The summed E-state index contributed by atoms with van der Waals surface area (Å²) in [5, 5.41) is 7.03. The van der Waals surface area contributed by atoms with Gasteiger partial charge < -0.3 is 5.32 Å². The minimum absolute atomic E-state index is 0.180. The van der Waals surface area contributed by atoms with Crippen molar-refractivity contribution >= 4 is 11.6 Å². The minimum Gasteiger partial charge on any atom is -0.320 e. The van der Waals surface area contributed by atoms with Gasteiger partial charge >= 0.3 is 0 Å². The predicted molar refractivity (Wildman–Crippen MR) is 93.7 cm³/mol. The summed E-state index contributed by atoms with van der Waals surface area (Å²) in [6, 6.07) is 17.6. The van der Waals surface area contributed by atoms with E-state index in [2.05, 4.69) is 10.4 Å². The molecule has 5 heteroatoms. The first-order chi connectivity index (χ1) is 11.5. The normalized spacial score (nSPS) is 10.4. The molecule has 0 radical (unpaired) electrons. The van der Waals surface area contributed by atoms with Gasteiger partial charge in [-0.15, -0.1) is 0 Å². The maximum atomic E-state index is 12.5. The summed E-state index contributed by atoms with van der Waals surface area (Å²) in [4.78, 5) is 24.5. The van der Waals surface area contributed by atoms with Gasteiger partial charge in [0, 0.05) is 11.8 Å². The summed E-state index contributed by atoms with van der Waals surface area (Å²) in [5.41, 5.74) is 3.26. The molecule has 5 nitrogen and oxygen atoms in total. The van der Waals surface area contributed by atoms with Crippen LogP contribution < -0.4 is 10.9 Å². The molecule has 1 aromatic heterocycles. The van der Waals surface area contributed by atoms with Crippen LogP contribution in [-0.4, -0.2) is 15.7 Å². The molecular formula is C19H17N3O2. The Labute approximate surface area is 139 Å². The summed E-state index contributed by atoms with van der Waals surface area (Å²) in [6.07, 6.45) is 0. The molecule has 0 saturated carbocycles. The number of nitrogens with zero attached hydrogens (tertiary/aromatic N) is 2. The molecule has 120 valence electrons. The van der Waals surface area contributed by atoms with Gasteiger partial charge in [-0.3, -0.25) is 9.59 Å². The number of carbonyl (C=O) groups is 1. The molecule has 0 atom stereocenters. The molecule has 0 unspecified atom stereocenters. The number of aromatic nitrogens is 2.